The first-order valence-corrected chi connectivity index (χ1v) is 9.54. The van der Waals surface area contributed by atoms with Gasteiger partial charge in [-0.25, -0.2) is 0 Å². The minimum Gasteiger partial charge on any atom is -0.489 e. The van der Waals surface area contributed by atoms with Crippen LogP contribution in [0.1, 0.15) is 52.7 Å². The molecule has 2 aromatic carbocycles. The van der Waals surface area contributed by atoms with Crippen molar-refractivity contribution in [1.29, 1.82) is 5.26 Å². The van der Waals surface area contributed by atoms with E-state index in [1.165, 1.54) is 6.42 Å². The number of ether oxygens (including phenoxy) is 1. The second kappa shape index (κ2) is 7.81. The Balaban J connectivity index is 1.43. The third-order valence-corrected chi connectivity index (χ3v) is 5.44. The molecule has 5 heteroatoms. The molecule has 5 nitrogen and oxygen atoms in total. The first kappa shape index (κ1) is 17.6. The van der Waals surface area contributed by atoms with Gasteiger partial charge in [-0.2, -0.15) is 5.26 Å². The van der Waals surface area contributed by atoms with Gasteiger partial charge in [-0.15, -0.1) is 0 Å². The van der Waals surface area contributed by atoms with Crippen LogP contribution in [-0.2, 0) is 13.1 Å². The molecule has 2 N–H and O–H groups in total. The van der Waals surface area contributed by atoms with Crippen LogP contribution in [0.2, 0.25) is 0 Å². The van der Waals surface area contributed by atoms with E-state index in [9.17, 15) is 10.1 Å². The number of nitriles is 1. The van der Waals surface area contributed by atoms with E-state index < -0.39 is 0 Å². The quantitative estimate of drug-likeness (QED) is 0.857. The zero-order valence-electron chi connectivity index (χ0n) is 15.2. The summed E-state index contributed by atoms with van der Waals surface area (Å²) in [5.41, 5.74) is 3.48. The van der Waals surface area contributed by atoms with Crippen LogP contribution in [0.25, 0.3) is 0 Å². The second-order valence-corrected chi connectivity index (χ2v) is 7.20. The number of carbonyl (C=O) groups is 1. The Labute approximate surface area is 159 Å². The van der Waals surface area contributed by atoms with Crippen molar-refractivity contribution in [2.24, 2.45) is 0 Å². The van der Waals surface area contributed by atoms with Gasteiger partial charge >= 0.3 is 0 Å². The number of amides is 1. The monoisotopic (exact) mass is 361 g/mol. The van der Waals surface area contributed by atoms with Crippen molar-refractivity contribution >= 4 is 5.91 Å². The Morgan fingerprint density at radius 3 is 2.93 bits per heavy atom. The average Bonchev–Trinajstić information content (AvgIpc) is 3.08. The summed E-state index contributed by atoms with van der Waals surface area (Å²) in [6.45, 7) is 1.24. The van der Waals surface area contributed by atoms with Gasteiger partial charge in [-0.1, -0.05) is 24.6 Å². The summed E-state index contributed by atoms with van der Waals surface area (Å²) in [4.78, 5) is 11.7. The van der Waals surface area contributed by atoms with E-state index in [0.29, 0.717) is 18.7 Å². The van der Waals surface area contributed by atoms with Crippen molar-refractivity contribution in [3.05, 3.63) is 64.7 Å². The topological polar surface area (TPSA) is 74.2 Å². The molecule has 2 atom stereocenters. The smallest absolute Gasteiger partial charge is 0.251 e. The molecule has 1 aliphatic carbocycles. The molecule has 2 aromatic rings. The summed E-state index contributed by atoms with van der Waals surface area (Å²) in [7, 11) is 0. The highest BCUT2D eigenvalue weighted by Gasteiger charge is 2.27. The number of nitrogens with zero attached hydrogens (tertiary/aromatic N) is 1. The van der Waals surface area contributed by atoms with Crippen LogP contribution in [0.5, 0.6) is 5.75 Å². The summed E-state index contributed by atoms with van der Waals surface area (Å²) in [5.74, 6) is 0.811. The molecule has 0 radical (unpaired) electrons. The van der Waals surface area contributed by atoms with Crippen LogP contribution in [0.4, 0.5) is 0 Å². The maximum absolute atomic E-state index is 11.7. The fourth-order valence-corrected chi connectivity index (χ4v) is 3.95. The van der Waals surface area contributed by atoms with E-state index in [4.69, 9.17) is 4.74 Å². The van der Waals surface area contributed by atoms with E-state index in [1.54, 1.807) is 0 Å². The summed E-state index contributed by atoms with van der Waals surface area (Å²) in [6, 6.07) is 15.9. The molecular formula is C22H23N3O2. The Hall–Kier alpha value is -2.84. The van der Waals surface area contributed by atoms with Gasteiger partial charge in [0.15, 0.2) is 0 Å². The van der Waals surface area contributed by atoms with Crippen molar-refractivity contribution in [3.63, 3.8) is 0 Å². The first-order chi connectivity index (χ1) is 13.2. The lowest BCUT2D eigenvalue weighted by Gasteiger charge is -2.33. The number of fused-ring (bicyclic) bond motifs is 1. The average molecular weight is 361 g/mol. The van der Waals surface area contributed by atoms with Crippen LogP contribution >= 0.6 is 0 Å². The molecule has 1 unspecified atom stereocenters. The zero-order chi connectivity index (χ0) is 18.6. The van der Waals surface area contributed by atoms with E-state index in [1.807, 2.05) is 42.5 Å². The number of nitrogens with one attached hydrogen (secondary N) is 2. The van der Waals surface area contributed by atoms with Gasteiger partial charge in [-0.05, 0) is 54.7 Å². The van der Waals surface area contributed by atoms with E-state index in [0.717, 1.165) is 41.7 Å². The molecule has 138 valence electrons. The van der Waals surface area contributed by atoms with Crippen molar-refractivity contribution in [2.45, 2.75) is 50.9 Å². The molecule has 0 saturated heterocycles. The van der Waals surface area contributed by atoms with E-state index in [2.05, 4.69) is 16.7 Å². The maximum atomic E-state index is 11.7. The Kier molecular flexibility index (Phi) is 5.08. The van der Waals surface area contributed by atoms with Crippen molar-refractivity contribution in [1.82, 2.24) is 10.6 Å². The molecule has 1 heterocycles. The van der Waals surface area contributed by atoms with E-state index >= 15 is 0 Å². The van der Waals surface area contributed by atoms with Crippen LogP contribution < -0.4 is 15.4 Å². The van der Waals surface area contributed by atoms with Gasteiger partial charge in [0.2, 0.25) is 0 Å². The summed E-state index contributed by atoms with van der Waals surface area (Å²) in [5, 5.41) is 15.7. The highest BCUT2D eigenvalue weighted by molar-refractivity contribution is 5.98. The van der Waals surface area contributed by atoms with Crippen molar-refractivity contribution in [3.8, 4) is 11.8 Å². The molecule has 0 spiro atoms. The lowest BCUT2D eigenvalue weighted by atomic mass is 9.92. The van der Waals surface area contributed by atoms with Crippen molar-refractivity contribution in [2.75, 3.05) is 0 Å². The van der Waals surface area contributed by atoms with Gasteiger partial charge in [0, 0.05) is 24.7 Å². The SMILES string of the molecule is N#Cc1ccccc1CNC1CCCC[C@@H]1Oc1ccc2c(c1)CNC2=O. The van der Waals surface area contributed by atoms with Gasteiger partial charge in [0.05, 0.1) is 11.6 Å². The molecule has 1 aliphatic heterocycles. The van der Waals surface area contributed by atoms with Crippen LogP contribution in [0.3, 0.4) is 0 Å². The summed E-state index contributed by atoms with van der Waals surface area (Å²) in [6.07, 6.45) is 4.50. The van der Waals surface area contributed by atoms with E-state index in [-0.39, 0.29) is 18.1 Å². The number of hydrogen-bond acceptors (Lipinski definition) is 4. The van der Waals surface area contributed by atoms with Gasteiger partial charge < -0.3 is 15.4 Å². The number of benzene rings is 2. The normalized spacial score (nSPS) is 21.2. The molecule has 0 bridgehead atoms. The first-order valence-electron chi connectivity index (χ1n) is 9.54. The van der Waals surface area contributed by atoms with Gasteiger partial charge in [0.1, 0.15) is 11.9 Å². The highest BCUT2D eigenvalue weighted by atomic mass is 16.5. The third kappa shape index (κ3) is 3.81. The van der Waals surface area contributed by atoms with Crippen LogP contribution in [-0.4, -0.2) is 18.1 Å². The summed E-state index contributed by atoms with van der Waals surface area (Å²) < 4.78 is 6.31. The number of rotatable bonds is 5. The Bertz CT molecular complexity index is 887. The lowest BCUT2D eigenvalue weighted by Crippen LogP contribution is -2.45. The highest BCUT2D eigenvalue weighted by Crippen LogP contribution is 2.27. The molecule has 4 rings (SSSR count). The fourth-order valence-electron chi connectivity index (χ4n) is 3.95. The minimum absolute atomic E-state index is 0.00934. The van der Waals surface area contributed by atoms with Crippen LogP contribution in [0.15, 0.2) is 42.5 Å². The molecule has 2 aliphatic rings. The van der Waals surface area contributed by atoms with Crippen LogP contribution in [0, 0.1) is 11.3 Å². The molecular weight excluding hydrogens is 338 g/mol. The van der Waals surface area contributed by atoms with Gasteiger partial charge in [-0.3, -0.25) is 4.79 Å². The Morgan fingerprint density at radius 1 is 1.19 bits per heavy atom. The molecule has 27 heavy (non-hydrogen) atoms. The second-order valence-electron chi connectivity index (χ2n) is 7.20. The zero-order valence-corrected chi connectivity index (χ0v) is 15.2. The number of hydrogen-bond donors (Lipinski definition) is 2. The molecule has 0 aromatic heterocycles. The predicted octanol–water partition coefficient (Wildman–Crippen LogP) is 3.28. The maximum Gasteiger partial charge on any atom is 0.251 e. The molecule has 1 amide bonds. The largest absolute Gasteiger partial charge is 0.489 e. The summed E-state index contributed by atoms with van der Waals surface area (Å²) >= 11 is 0. The standard InChI is InChI=1S/C22H23N3O2/c23-12-15-5-1-2-6-16(15)13-24-20-7-3-4-8-21(20)27-18-9-10-19-17(11-18)14-25-22(19)26/h1-2,5-6,9-11,20-21,24H,3-4,7-8,13-14H2,(H,25,26)/t20?,21-/m0/s1. The lowest BCUT2D eigenvalue weighted by molar-refractivity contribution is 0.0965. The fraction of sp³-hybridized carbons (Fsp3) is 0.364. The molecule has 1 saturated carbocycles. The predicted molar refractivity (Wildman–Crippen MR) is 102 cm³/mol. The molecule has 1 fully saturated rings. The van der Waals surface area contributed by atoms with Crippen molar-refractivity contribution < 1.29 is 9.53 Å². The number of carbonyl (C=O) groups excluding carboxylic acids is 1. The third-order valence-electron chi connectivity index (χ3n) is 5.44. The minimum atomic E-state index is -0.00934. The van der Waals surface area contributed by atoms with Gasteiger partial charge in [0.25, 0.3) is 5.91 Å². The Morgan fingerprint density at radius 2 is 2.04 bits per heavy atom.